The maximum Gasteiger partial charge on any atom is 0.326 e. The van der Waals surface area contributed by atoms with Crippen molar-refractivity contribution in [1.29, 1.82) is 0 Å². The van der Waals surface area contributed by atoms with Crippen LogP contribution in [0.3, 0.4) is 0 Å². The minimum absolute atomic E-state index is 0.144. The lowest BCUT2D eigenvalue weighted by molar-refractivity contribution is -0.145. The highest BCUT2D eigenvalue weighted by Crippen LogP contribution is 2.10. The quantitative estimate of drug-likeness (QED) is 0.870. The van der Waals surface area contributed by atoms with Gasteiger partial charge in [-0.2, -0.15) is 0 Å². The largest absolute Gasteiger partial charge is 0.459 e. The Labute approximate surface area is 123 Å². The van der Waals surface area contributed by atoms with Gasteiger partial charge in [0, 0.05) is 18.0 Å². The molecule has 0 aliphatic heterocycles. The third-order valence-electron chi connectivity index (χ3n) is 2.99. The first kappa shape index (κ1) is 14.8. The second-order valence-corrected chi connectivity index (χ2v) is 5.09. The molecule has 5 heteroatoms. The second kappa shape index (κ2) is 6.26. The van der Waals surface area contributed by atoms with E-state index in [-0.39, 0.29) is 18.7 Å². The summed E-state index contributed by atoms with van der Waals surface area (Å²) in [5, 5.41) is 0. The zero-order valence-corrected chi connectivity index (χ0v) is 12.1. The number of esters is 1. The lowest BCUT2D eigenvalue weighted by Gasteiger charge is -2.08. The maximum atomic E-state index is 11.8. The van der Waals surface area contributed by atoms with Gasteiger partial charge < -0.3 is 15.0 Å². The fraction of sp³-hybridized carbons (Fsp3) is 0.250. The Kier molecular flexibility index (Phi) is 4.42. The molecule has 0 amide bonds. The maximum absolute atomic E-state index is 11.8. The molecule has 0 saturated heterocycles. The molecule has 1 aromatic heterocycles. The number of carbonyl (C=O) groups excluding carboxylic acids is 1. The van der Waals surface area contributed by atoms with E-state index < -0.39 is 5.97 Å². The van der Waals surface area contributed by atoms with Gasteiger partial charge >= 0.3 is 5.97 Å². The van der Waals surface area contributed by atoms with Gasteiger partial charge in [-0.1, -0.05) is 29.3 Å². The molecule has 0 radical (unpaired) electrons. The monoisotopic (exact) mass is 286 g/mol. The molecule has 5 nitrogen and oxygen atoms in total. The highest BCUT2D eigenvalue weighted by molar-refractivity contribution is 5.69. The zero-order valence-electron chi connectivity index (χ0n) is 12.1. The fourth-order valence-corrected chi connectivity index (χ4v) is 2.17. The lowest BCUT2D eigenvalue weighted by Crippen LogP contribution is -2.24. The first-order valence-corrected chi connectivity index (χ1v) is 6.63. The number of rotatable bonds is 4. The van der Waals surface area contributed by atoms with Crippen molar-refractivity contribution in [3.63, 3.8) is 0 Å². The molecular formula is C16H18N2O3. The molecule has 0 aliphatic carbocycles. The fourth-order valence-electron chi connectivity index (χ4n) is 2.17. The van der Waals surface area contributed by atoms with Gasteiger partial charge in [0.2, 0.25) is 0 Å². The molecule has 0 fully saturated rings. The Morgan fingerprint density at radius 3 is 2.52 bits per heavy atom. The van der Waals surface area contributed by atoms with E-state index in [0.717, 1.165) is 16.7 Å². The smallest absolute Gasteiger partial charge is 0.326 e. The Bertz CT molecular complexity index is 699. The highest BCUT2D eigenvalue weighted by Gasteiger charge is 2.07. The van der Waals surface area contributed by atoms with Crippen molar-refractivity contribution >= 4 is 11.7 Å². The summed E-state index contributed by atoms with van der Waals surface area (Å²) in [4.78, 5) is 23.4. The number of ether oxygens (including phenoxy) is 1. The van der Waals surface area contributed by atoms with Crippen LogP contribution in [-0.2, 0) is 22.7 Å². The number of hydrogen-bond acceptors (Lipinski definition) is 4. The Hall–Kier alpha value is -2.56. The number of aryl methyl sites for hydroxylation is 2. The van der Waals surface area contributed by atoms with Crippen LogP contribution in [0.4, 0.5) is 5.69 Å². The van der Waals surface area contributed by atoms with Gasteiger partial charge in [0.05, 0.1) is 0 Å². The summed E-state index contributed by atoms with van der Waals surface area (Å²) in [7, 11) is 0. The molecule has 21 heavy (non-hydrogen) atoms. The summed E-state index contributed by atoms with van der Waals surface area (Å²) < 4.78 is 6.43. The molecule has 0 spiro atoms. The zero-order chi connectivity index (χ0) is 15.4. The first-order valence-electron chi connectivity index (χ1n) is 6.63. The van der Waals surface area contributed by atoms with Crippen LogP contribution in [0.25, 0.3) is 0 Å². The minimum atomic E-state index is -0.471. The van der Waals surface area contributed by atoms with Crippen LogP contribution in [0.1, 0.15) is 16.7 Å². The summed E-state index contributed by atoms with van der Waals surface area (Å²) in [5.74, 6) is -0.471. The normalized spacial score (nSPS) is 10.4. The van der Waals surface area contributed by atoms with E-state index >= 15 is 0 Å². The Balaban J connectivity index is 1.99. The molecule has 1 heterocycles. The first-order chi connectivity index (χ1) is 9.94. The number of hydrogen-bond donors (Lipinski definition) is 1. The van der Waals surface area contributed by atoms with Gasteiger partial charge in [-0.15, -0.1) is 0 Å². The molecule has 110 valence electrons. The van der Waals surface area contributed by atoms with Gasteiger partial charge in [-0.3, -0.25) is 9.59 Å². The second-order valence-electron chi connectivity index (χ2n) is 5.09. The van der Waals surface area contributed by atoms with Crippen molar-refractivity contribution in [2.24, 2.45) is 0 Å². The van der Waals surface area contributed by atoms with E-state index in [1.807, 2.05) is 26.0 Å². The van der Waals surface area contributed by atoms with Crippen molar-refractivity contribution in [3.05, 3.63) is 63.6 Å². The third kappa shape index (κ3) is 4.21. The van der Waals surface area contributed by atoms with Crippen molar-refractivity contribution in [1.82, 2.24) is 4.57 Å². The number of anilines is 1. The average Bonchev–Trinajstić information content (AvgIpc) is 2.40. The van der Waals surface area contributed by atoms with Crippen LogP contribution in [0.5, 0.6) is 0 Å². The number of aromatic nitrogens is 1. The van der Waals surface area contributed by atoms with E-state index in [1.165, 1.54) is 22.9 Å². The molecule has 0 saturated carbocycles. The number of carbonyl (C=O) groups is 1. The van der Waals surface area contributed by atoms with Gasteiger partial charge in [-0.25, -0.2) is 0 Å². The Morgan fingerprint density at radius 2 is 1.86 bits per heavy atom. The van der Waals surface area contributed by atoms with Crippen molar-refractivity contribution < 1.29 is 9.53 Å². The van der Waals surface area contributed by atoms with Crippen molar-refractivity contribution in [2.75, 3.05) is 5.73 Å². The van der Waals surface area contributed by atoms with Crippen LogP contribution in [0.15, 0.2) is 41.3 Å². The van der Waals surface area contributed by atoms with Crippen LogP contribution < -0.4 is 11.3 Å². The third-order valence-corrected chi connectivity index (χ3v) is 2.99. The van der Waals surface area contributed by atoms with Crippen LogP contribution in [0, 0.1) is 13.8 Å². The number of nitrogens with zero attached hydrogens (tertiary/aromatic N) is 1. The molecule has 2 rings (SSSR count). The van der Waals surface area contributed by atoms with Crippen LogP contribution >= 0.6 is 0 Å². The van der Waals surface area contributed by atoms with Gasteiger partial charge in [0.25, 0.3) is 5.56 Å². The molecule has 1 aromatic carbocycles. The summed E-state index contributed by atoms with van der Waals surface area (Å²) in [5.41, 5.74) is 8.90. The van der Waals surface area contributed by atoms with E-state index in [2.05, 4.69) is 6.07 Å². The number of nitrogen functional groups attached to an aromatic ring is 1. The predicted molar refractivity (Wildman–Crippen MR) is 80.8 cm³/mol. The SMILES string of the molecule is Cc1cc(C)cc(COC(=O)Cn2cc(N)ccc2=O)c1. The van der Waals surface area contributed by atoms with Gasteiger partial charge in [0.1, 0.15) is 13.2 Å². The van der Waals surface area contributed by atoms with Crippen LogP contribution in [-0.4, -0.2) is 10.5 Å². The number of benzene rings is 1. The average molecular weight is 286 g/mol. The molecule has 2 aromatic rings. The van der Waals surface area contributed by atoms with E-state index in [4.69, 9.17) is 10.5 Å². The highest BCUT2D eigenvalue weighted by atomic mass is 16.5. The standard InChI is InChI=1S/C16H18N2O3/c1-11-5-12(2)7-13(6-11)10-21-16(20)9-18-8-14(17)3-4-15(18)19/h3-8H,9-10,17H2,1-2H3. The lowest BCUT2D eigenvalue weighted by atomic mass is 10.1. The molecule has 0 aliphatic rings. The number of nitrogens with two attached hydrogens (primary N) is 1. The van der Waals surface area contributed by atoms with E-state index in [9.17, 15) is 9.59 Å². The Morgan fingerprint density at radius 1 is 1.19 bits per heavy atom. The molecule has 2 N–H and O–H groups in total. The van der Waals surface area contributed by atoms with E-state index in [1.54, 1.807) is 0 Å². The number of pyridine rings is 1. The van der Waals surface area contributed by atoms with E-state index in [0.29, 0.717) is 5.69 Å². The summed E-state index contributed by atoms with van der Waals surface area (Å²) in [6.07, 6.45) is 1.43. The molecule has 0 bridgehead atoms. The van der Waals surface area contributed by atoms with Gasteiger partial charge in [-0.05, 0) is 25.5 Å². The summed E-state index contributed by atoms with van der Waals surface area (Å²) in [6, 6.07) is 8.81. The minimum Gasteiger partial charge on any atom is -0.459 e. The van der Waals surface area contributed by atoms with Gasteiger partial charge in [0.15, 0.2) is 0 Å². The summed E-state index contributed by atoms with van der Waals surface area (Å²) in [6.45, 7) is 4.03. The topological polar surface area (TPSA) is 74.3 Å². The molecule has 0 atom stereocenters. The predicted octanol–water partition coefficient (Wildman–Crippen LogP) is 1.79. The van der Waals surface area contributed by atoms with Crippen molar-refractivity contribution in [3.8, 4) is 0 Å². The molecular weight excluding hydrogens is 268 g/mol. The van der Waals surface area contributed by atoms with Crippen LogP contribution in [0.2, 0.25) is 0 Å². The van der Waals surface area contributed by atoms with Crippen molar-refractivity contribution in [2.45, 2.75) is 27.0 Å². The molecule has 0 unspecified atom stereocenters. The summed E-state index contributed by atoms with van der Waals surface area (Å²) >= 11 is 0.